The van der Waals surface area contributed by atoms with Gasteiger partial charge in [-0.2, -0.15) is 18.3 Å². The molecule has 0 unspecified atom stereocenters. The summed E-state index contributed by atoms with van der Waals surface area (Å²) in [7, 11) is 0. The molecule has 0 aromatic carbocycles. The van der Waals surface area contributed by atoms with Crippen molar-refractivity contribution in [2.24, 2.45) is 0 Å². The summed E-state index contributed by atoms with van der Waals surface area (Å²) in [5.41, 5.74) is 1.12. The number of halogens is 3. The van der Waals surface area contributed by atoms with Gasteiger partial charge in [0.25, 0.3) is 0 Å². The second-order valence-corrected chi connectivity index (χ2v) is 6.46. The van der Waals surface area contributed by atoms with Crippen molar-refractivity contribution in [1.82, 2.24) is 9.78 Å². The number of hydrogen-bond donors (Lipinski definition) is 0. The highest BCUT2D eigenvalue weighted by Crippen LogP contribution is 2.46. The first kappa shape index (κ1) is 13.6. The van der Waals surface area contributed by atoms with E-state index in [2.05, 4.69) is 5.10 Å². The zero-order chi connectivity index (χ0) is 14.7. The maximum absolute atomic E-state index is 12.7. The normalized spacial score (nSPS) is 21.9. The van der Waals surface area contributed by atoms with Gasteiger partial charge in [0.05, 0.1) is 17.0 Å². The Hall–Kier alpha value is -1.33. The van der Waals surface area contributed by atoms with Crippen LogP contribution in [0.1, 0.15) is 67.2 Å². The molecule has 0 atom stereocenters. The smallest absolute Gasteiger partial charge is 0.294 e. The van der Waals surface area contributed by atoms with Crippen molar-refractivity contribution in [3.05, 3.63) is 17.0 Å². The van der Waals surface area contributed by atoms with Gasteiger partial charge < -0.3 is 0 Å². The van der Waals surface area contributed by atoms with Gasteiger partial charge in [-0.25, -0.2) is 0 Å². The third-order valence-corrected chi connectivity index (χ3v) is 4.17. The molecule has 2 aliphatic carbocycles. The molecule has 110 valence electrons. The van der Waals surface area contributed by atoms with Gasteiger partial charge >= 0.3 is 6.18 Å². The van der Waals surface area contributed by atoms with Gasteiger partial charge in [0.2, 0.25) is 0 Å². The summed E-state index contributed by atoms with van der Waals surface area (Å²) < 4.78 is 39.2. The van der Waals surface area contributed by atoms with Crippen LogP contribution in [0.15, 0.2) is 0 Å². The Balaban J connectivity index is 2.16. The minimum absolute atomic E-state index is 0.0466. The first-order valence-electron chi connectivity index (χ1n) is 6.90. The SMILES string of the molecule is CC1(C)CCC(=O)c2c(C3CC3)nn(CC(F)(F)F)c21. The Kier molecular flexibility index (Phi) is 2.79. The Labute approximate surface area is 115 Å². The monoisotopic (exact) mass is 286 g/mol. The molecule has 2 aliphatic rings. The van der Waals surface area contributed by atoms with Crippen molar-refractivity contribution < 1.29 is 18.0 Å². The van der Waals surface area contributed by atoms with Crippen LogP contribution in [0.3, 0.4) is 0 Å². The largest absolute Gasteiger partial charge is 0.408 e. The molecule has 0 saturated heterocycles. The van der Waals surface area contributed by atoms with Crippen molar-refractivity contribution in [2.45, 2.75) is 63.6 Å². The highest BCUT2D eigenvalue weighted by molar-refractivity contribution is 6.00. The molecule has 0 amide bonds. The van der Waals surface area contributed by atoms with Crippen LogP contribution < -0.4 is 0 Å². The van der Waals surface area contributed by atoms with E-state index in [4.69, 9.17) is 0 Å². The van der Waals surface area contributed by atoms with Crippen LogP contribution in [0.2, 0.25) is 0 Å². The lowest BCUT2D eigenvalue weighted by Gasteiger charge is -2.30. The van der Waals surface area contributed by atoms with E-state index in [9.17, 15) is 18.0 Å². The predicted molar refractivity (Wildman–Crippen MR) is 66.8 cm³/mol. The molecule has 20 heavy (non-hydrogen) atoms. The number of nitrogens with zero attached hydrogens (tertiary/aromatic N) is 2. The molecule has 1 heterocycles. The van der Waals surface area contributed by atoms with Gasteiger partial charge in [0, 0.05) is 17.8 Å². The van der Waals surface area contributed by atoms with Gasteiger partial charge in [-0.1, -0.05) is 13.8 Å². The molecular weight excluding hydrogens is 269 g/mol. The van der Waals surface area contributed by atoms with Crippen molar-refractivity contribution >= 4 is 5.78 Å². The summed E-state index contributed by atoms with van der Waals surface area (Å²) >= 11 is 0. The number of Topliss-reactive ketones (excluding diaryl/α,β-unsaturated/α-hetero) is 1. The fraction of sp³-hybridized carbons (Fsp3) is 0.714. The second-order valence-electron chi connectivity index (χ2n) is 6.46. The first-order chi connectivity index (χ1) is 9.19. The standard InChI is InChI=1S/C14H17F3N2O/c1-13(2)6-5-9(20)10-11(8-3-4-8)18-19(12(10)13)7-14(15,16)17/h8H,3-7H2,1-2H3. The van der Waals surface area contributed by atoms with Gasteiger partial charge in [0.1, 0.15) is 6.54 Å². The van der Waals surface area contributed by atoms with E-state index in [1.165, 1.54) is 0 Å². The highest BCUT2D eigenvalue weighted by Gasteiger charge is 2.43. The number of fused-ring (bicyclic) bond motifs is 1. The quantitative estimate of drug-likeness (QED) is 0.833. The third kappa shape index (κ3) is 2.25. The molecule has 0 spiro atoms. The number of alkyl halides is 3. The van der Waals surface area contributed by atoms with Crippen LogP contribution in [-0.4, -0.2) is 21.7 Å². The number of hydrogen-bond acceptors (Lipinski definition) is 2. The fourth-order valence-electron chi connectivity index (χ4n) is 3.04. The number of carbonyl (C=O) groups is 1. The Morgan fingerprint density at radius 2 is 2.00 bits per heavy atom. The van der Waals surface area contributed by atoms with E-state index in [0.717, 1.165) is 17.5 Å². The fourth-order valence-corrected chi connectivity index (χ4v) is 3.04. The summed E-state index contributed by atoms with van der Waals surface area (Å²) in [4.78, 5) is 12.2. The lowest BCUT2D eigenvalue weighted by molar-refractivity contribution is -0.143. The van der Waals surface area contributed by atoms with Gasteiger partial charge in [-0.15, -0.1) is 0 Å². The zero-order valence-corrected chi connectivity index (χ0v) is 11.5. The lowest BCUT2D eigenvalue weighted by atomic mass is 9.75. The van der Waals surface area contributed by atoms with Crippen molar-refractivity contribution in [2.75, 3.05) is 0 Å². The zero-order valence-electron chi connectivity index (χ0n) is 11.5. The van der Waals surface area contributed by atoms with E-state index in [1.807, 2.05) is 13.8 Å². The maximum atomic E-state index is 12.7. The summed E-state index contributed by atoms with van der Waals surface area (Å²) in [5.74, 6) is 0.130. The van der Waals surface area contributed by atoms with Crippen molar-refractivity contribution in [1.29, 1.82) is 0 Å². The van der Waals surface area contributed by atoms with Crippen molar-refractivity contribution in [3.8, 4) is 0 Å². The molecule has 0 radical (unpaired) electrons. The highest BCUT2D eigenvalue weighted by atomic mass is 19.4. The Bertz CT molecular complexity index is 568. The van der Waals surface area contributed by atoms with Crippen LogP contribution in [0.4, 0.5) is 13.2 Å². The molecule has 1 saturated carbocycles. The van der Waals surface area contributed by atoms with Crippen LogP contribution >= 0.6 is 0 Å². The van der Waals surface area contributed by atoms with Crippen LogP contribution in [0.25, 0.3) is 0 Å². The Morgan fingerprint density at radius 1 is 1.35 bits per heavy atom. The molecule has 0 N–H and O–H groups in total. The summed E-state index contributed by atoms with van der Waals surface area (Å²) in [6, 6.07) is 0. The summed E-state index contributed by atoms with van der Waals surface area (Å²) in [6.07, 6.45) is -1.51. The van der Waals surface area contributed by atoms with Crippen molar-refractivity contribution in [3.63, 3.8) is 0 Å². The molecule has 6 heteroatoms. The van der Waals surface area contributed by atoms with Gasteiger partial charge in [0.15, 0.2) is 5.78 Å². The minimum atomic E-state index is -4.32. The number of carbonyl (C=O) groups excluding carboxylic acids is 1. The van der Waals surface area contributed by atoms with Crippen LogP contribution in [-0.2, 0) is 12.0 Å². The molecule has 1 aromatic rings. The average Bonchev–Trinajstić information content (AvgIpc) is 3.05. The molecule has 0 aliphatic heterocycles. The third-order valence-electron chi connectivity index (χ3n) is 4.17. The van der Waals surface area contributed by atoms with Gasteiger partial charge in [-0.05, 0) is 19.3 Å². The number of rotatable bonds is 2. The van der Waals surface area contributed by atoms with E-state index in [-0.39, 0.29) is 11.7 Å². The molecule has 3 rings (SSSR count). The molecule has 1 aromatic heterocycles. The Morgan fingerprint density at radius 3 is 2.55 bits per heavy atom. The topological polar surface area (TPSA) is 34.9 Å². The maximum Gasteiger partial charge on any atom is 0.408 e. The van der Waals surface area contributed by atoms with E-state index >= 15 is 0 Å². The van der Waals surface area contributed by atoms with Crippen LogP contribution in [0.5, 0.6) is 0 Å². The second kappa shape index (κ2) is 4.09. The number of aromatic nitrogens is 2. The first-order valence-corrected chi connectivity index (χ1v) is 6.90. The minimum Gasteiger partial charge on any atom is -0.294 e. The molecular formula is C14H17F3N2O. The lowest BCUT2D eigenvalue weighted by Crippen LogP contribution is -2.32. The predicted octanol–water partition coefficient (Wildman–Crippen LogP) is 3.58. The molecule has 3 nitrogen and oxygen atoms in total. The molecule has 0 bridgehead atoms. The summed E-state index contributed by atoms with van der Waals surface area (Å²) in [6.45, 7) is 2.67. The van der Waals surface area contributed by atoms with E-state index in [1.54, 1.807) is 0 Å². The summed E-state index contributed by atoms with van der Waals surface area (Å²) in [5, 5.41) is 4.16. The van der Waals surface area contributed by atoms with Crippen LogP contribution in [0, 0.1) is 0 Å². The molecule has 1 fully saturated rings. The number of ketones is 1. The van der Waals surface area contributed by atoms with E-state index < -0.39 is 18.1 Å². The average molecular weight is 286 g/mol. The van der Waals surface area contributed by atoms with Gasteiger partial charge in [-0.3, -0.25) is 9.48 Å². The van der Waals surface area contributed by atoms with E-state index in [0.29, 0.717) is 29.8 Å².